The smallest absolute Gasteiger partial charge is 0.278 e. The Labute approximate surface area is 79.9 Å². The Balaban J connectivity index is 3.76. The molecule has 1 atom stereocenters. The molecule has 0 saturated carbocycles. The Bertz CT molecular complexity index is 240. The summed E-state index contributed by atoms with van der Waals surface area (Å²) >= 11 is 0. The van der Waals surface area contributed by atoms with Gasteiger partial charge in [-0.1, -0.05) is 0 Å². The maximum Gasteiger partial charge on any atom is 0.278 e. The highest BCUT2D eigenvalue weighted by molar-refractivity contribution is 5.83. The molecule has 0 aromatic carbocycles. The van der Waals surface area contributed by atoms with Crippen molar-refractivity contribution in [1.82, 2.24) is 5.32 Å². The van der Waals surface area contributed by atoms with Crippen molar-refractivity contribution in [2.24, 2.45) is 0 Å². The fourth-order valence-corrected chi connectivity index (χ4v) is 0.727. The maximum absolute atomic E-state index is 11.0. The number of carboxylic acid groups (broad SMARTS) is 2. The van der Waals surface area contributed by atoms with E-state index in [1.54, 1.807) is 0 Å². The fourth-order valence-electron chi connectivity index (χ4n) is 0.727. The summed E-state index contributed by atoms with van der Waals surface area (Å²) in [4.78, 5) is 30.9. The first-order chi connectivity index (χ1) is 6.43. The second-order valence-corrected chi connectivity index (χ2v) is 2.70. The molecule has 0 fully saturated rings. The van der Waals surface area contributed by atoms with Crippen LogP contribution in [0.4, 0.5) is 0 Å². The number of amides is 1. The number of hydrogen-bond acceptors (Lipinski definition) is 5. The van der Waals surface area contributed by atoms with Crippen LogP contribution in [-0.4, -0.2) is 30.4 Å². The van der Waals surface area contributed by atoms with Crippen LogP contribution in [0.25, 0.3) is 0 Å². The summed E-state index contributed by atoms with van der Waals surface area (Å²) in [5.74, 6) is -3.30. The van der Waals surface area contributed by atoms with Crippen molar-refractivity contribution in [3.05, 3.63) is 0 Å². The summed E-state index contributed by atoms with van der Waals surface area (Å²) in [7, 11) is 0. The van der Waals surface area contributed by atoms with Gasteiger partial charge >= 0.3 is 0 Å². The zero-order valence-corrected chi connectivity index (χ0v) is 7.45. The monoisotopic (exact) mass is 203 g/mol. The summed E-state index contributed by atoms with van der Waals surface area (Å²) in [6, 6.07) is -0.799. The predicted molar refractivity (Wildman–Crippen MR) is 38.9 cm³/mol. The first-order valence-corrected chi connectivity index (χ1v) is 3.94. The van der Waals surface area contributed by atoms with E-state index in [2.05, 4.69) is 5.73 Å². The molecule has 80 valence electrons. The van der Waals surface area contributed by atoms with Crippen LogP contribution in [0.3, 0.4) is 0 Å². The lowest BCUT2D eigenvalue weighted by molar-refractivity contribution is -0.406. The molecule has 7 heteroatoms. The number of aliphatic carboxylic acids is 2. The molecular formula is C7H11N2O5-. The van der Waals surface area contributed by atoms with Gasteiger partial charge in [-0.25, -0.2) is 0 Å². The molecule has 0 aliphatic rings. The van der Waals surface area contributed by atoms with E-state index in [0.717, 1.165) is 0 Å². The van der Waals surface area contributed by atoms with Crippen molar-refractivity contribution in [3.63, 3.8) is 0 Å². The Hall–Kier alpha value is -1.63. The normalized spacial score (nSPS) is 11.8. The molecule has 0 rings (SSSR count). The van der Waals surface area contributed by atoms with Crippen molar-refractivity contribution < 1.29 is 30.3 Å². The van der Waals surface area contributed by atoms with Crippen LogP contribution in [0, 0.1) is 0 Å². The zero-order valence-electron chi connectivity index (χ0n) is 7.45. The SMILES string of the molecule is [NH3+][C@@H](CCC(=O)[O-])C(=O)NCC(=O)[O-]. The van der Waals surface area contributed by atoms with Crippen molar-refractivity contribution in [2.45, 2.75) is 18.9 Å². The van der Waals surface area contributed by atoms with E-state index < -0.39 is 30.4 Å². The molecule has 4 N–H and O–H groups in total. The third-order valence-electron chi connectivity index (χ3n) is 1.47. The summed E-state index contributed by atoms with van der Waals surface area (Å²) in [5.41, 5.74) is 3.37. The number of nitrogens with one attached hydrogen (secondary N) is 1. The second-order valence-electron chi connectivity index (χ2n) is 2.70. The predicted octanol–water partition coefficient (Wildman–Crippen LogP) is -5.01. The quantitative estimate of drug-likeness (QED) is 0.445. The molecule has 0 aliphatic carbocycles. The minimum Gasteiger partial charge on any atom is -0.550 e. The third-order valence-corrected chi connectivity index (χ3v) is 1.47. The number of carboxylic acids is 2. The van der Waals surface area contributed by atoms with Gasteiger partial charge in [-0.2, -0.15) is 0 Å². The van der Waals surface area contributed by atoms with Gasteiger partial charge in [0.15, 0.2) is 6.04 Å². The van der Waals surface area contributed by atoms with Crippen LogP contribution in [0.1, 0.15) is 12.8 Å². The molecule has 0 radical (unpaired) electrons. The largest absolute Gasteiger partial charge is 0.550 e. The highest BCUT2D eigenvalue weighted by Crippen LogP contribution is 1.90. The van der Waals surface area contributed by atoms with Gasteiger partial charge in [0.1, 0.15) is 0 Å². The average molecular weight is 203 g/mol. The Kier molecular flexibility index (Phi) is 5.23. The Morgan fingerprint density at radius 2 is 1.79 bits per heavy atom. The Morgan fingerprint density at radius 1 is 1.21 bits per heavy atom. The molecule has 0 unspecified atom stereocenters. The highest BCUT2D eigenvalue weighted by Gasteiger charge is 2.15. The standard InChI is InChI=1S/C7H12N2O5/c8-4(1-2-5(10)11)7(14)9-3-6(12)13/h4H,1-3,8H2,(H,9,14)(H,10,11)(H,12,13)/p-1/t4-/m0/s1. The summed E-state index contributed by atoms with van der Waals surface area (Å²) in [6.45, 7) is -0.601. The average Bonchev–Trinajstić information content (AvgIpc) is 2.09. The second kappa shape index (κ2) is 5.92. The van der Waals surface area contributed by atoms with Crippen LogP contribution in [0.15, 0.2) is 0 Å². The molecule has 0 saturated heterocycles. The zero-order chi connectivity index (χ0) is 11.1. The topological polar surface area (TPSA) is 137 Å². The molecule has 0 aromatic heterocycles. The molecule has 0 aliphatic heterocycles. The van der Waals surface area contributed by atoms with Gasteiger partial charge in [-0.3, -0.25) is 4.79 Å². The molecule has 0 aromatic rings. The van der Waals surface area contributed by atoms with Crippen molar-refractivity contribution in [2.75, 3.05) is 6.54 Å². The van der Waals surface area contributed by atoms with E-state index in [1.165, 1.54) is 0 Å². The van der Waals surface area contributed by atoms with Crippen LogP contribution in [0.2, 0.25) is 0 Å². The molecule has 14 heavy (non-hydrogen) atoms. The highest BCUT2D eigenvalue weighted by atomic mass is 16.4. The van der Waals surface area contributed by atoms with E-state index in [9.17, 15) is 24.6 Å². The number of carbonyl (C=O) groups is 3. The molecule has 1 amide bonds. The van der Waals surface area contributed by atoms with Crippen LogP contribution in [0.5, 0.6) is 0 Å². The van der Waals surface area contributed by atoms with Crippen LogP contribution < -0.4 is 21.3 Å². The minimum atomic E-state index is -1.41. The van der Waals surface area contributed by atoms with Gasteiger partial charge in [-0.15, -0.1) is 0 Å². The van der Waals surface area contributed by atoms with E-state index in [1.807, 2.05) is 5.32 Å². The number of quaternary nitrogens is 1. The molecular weight excluding hydrogens is 192 g/mol. The van der Waals surface area contributed by atoms with E-state index in [-0.39, 0.29) is 12.8 Å². The van der Waals surface area contributed by atoms with Crippen LogP contribution >= 0.6 is 0 Å². The lowest BCUT2D eigenvalue weighted by Crippen LogP contribution is -2.68. The summed E-state index contributed by atoms with van der Waals surface area (Å²) < 4.78 is 0. The molecule has 0 spiro atoms. The van der Waals surface area contributed by atoms with Gasteiger partial charge in [-0.05, 0) is 6.42 Å². The lowest BCUT2D eigenvalue weighted by atomic mass is 10.1. The summed E-state index contributed by atoms with van der Waals surface area (Å²) in [6.07, 6.45) is -0.270. The first-order valence-electron chi connectivity index (χ1n) is 3.94. The first kappa shape index (κ1) is 12.4. The van der Waals surface area contributed by atoms with Gasteiger partial charge in [0, 0.05) is 12.4 Å². The third kappa shape index (κ3) is 5.95. The minimum absolute atomic E-state index is 0.0151. The fraction of sp³-hybridized carbons (Fsp3) is 0.571. The molecule has 7 nitrogen and oxygen atoms in total. The number of carbonyl (C=O) groups excluding carboxylic acids is 3. The maximum atomic E-state index is 11.0. The van der Waals surface area contributed by atoms with Gasteiger partial charge in [0.25, 0.3) is 5.91 Å². The van der Waals surface area contributed by atoms with Crippen molar-refractivity contribution in [1.29, 1.82) is 0 Å². The van der Waals surface area contributed by atoms with E-state index in [4.69, 9.17) is 0 Å². The lowest BCUT2D eigenvalue weighted by Gasteiger charge is -2.10. The number of hydrogen-bond donors (Lipinski definition) is 2. The molecule has 0 bridgehead atoms. The van der Waals surface area contributed by atoms with Gasteiger partial charge in [0.05, 0.1) is 12.5 Å². The van der Waals surface area contributed by atoms with E-state index in [0.29, 0.717) is 0 Å². The Morgan fingerprint density at radius 3 is 2.21 bits per heavy atom. The molecule has 0 heterocycles. The van der Waals surface area contributed by atoms with Gasteiger partial charge < -0.3 is 30.9 Å². The van der Waals surface area contributed by atoms with E-state index >= 15 is 0 Å². The summed E-state index contributed by atoms with van der Waals surface area (Å²) in [5, 5.41) is 22.0. The number of rotatable bonds is 6. The van der Waals surface area contributed by atoms with Crippen LogP contribution in [-0.2, 0) is 14.4 Å². The van der Waals surface area contributed by atoms with Crippen molar-refractivity contribution in [3.8, 4) is 0 Å². The van der Waals surface area contributed by atoms with Gasteiger partial charge in [0.2, 0.25) is 0 Å². The van der Waals surface area contributed by atoms with Crippen molar-refractivity contribution >= 4 is 17.8 Å².